The molecule has 134 valence electrons. The van der Waals surface area contributed by atoms with Crippen molar-refractivity contribution in [3.05, 3.63) is 59.6 Å². The summed E-state index contributed by atoms with van der Waals surface area (Å²) in [5.41, 5.74) is 0.944. The van der Waals surface area contributed by atoms with Crippen LogP contribution in [-0.2, 0) is 18.4 Å². The van der Waals surface area contributed by atoms with E-state index < -0.39 is 0 Å². The highest BCUT2D eigenvalue weighted by molar-refractivity contribution is 7.99. The van der Waals surface area contributed by atoms with Crippen molar-refractivity contribution in [2.24, 2.45) is 7.05 Å². The van der Waals surface area contributed by atoms with Gasteiger partial charge in [-0.2, -0.15) is 0 Å². The number of amides is 1. The van der Waals surface area contributed by atoms with Gasteiger partial charge in [-0.05, 0) is 23.6 Å². The van der Waals surface area contributed by atoms with Crippen molar-refractivity contribution in [3.8, 4) is 11.4 Å². The normalized spacial score (nSPS) is 10.7. The zero-order chi connectivity index (χ0) is 18.4. The third kappa shape index (κ3) is 4.39. The van der Waals surface area contributed by atoms with Crippen molar-refractivity contribution in [2.45, 2.75) is 11.7 Å². The topological polar surface area (TPSA) is 63.9 Å². The molecule has 0 bridgehead atoms. The minimum Gasteiger partial charge on any atom is -0.333 e. The smallest absolute Gasteiger partial charge is 0.233 e. The Balaban J connectivity index is 1.65. The summed E-state index contributed by atoms with van der Waals surface area (Å²) in [5.74, 6) is 1.11. The van der Waals surface area contributed by atoms with Crippen molar-refractivity contribution in [2.75, 3.05) is 12.3 Å². The molecule has 3 rings (SSSR count). The van der Waals surface area contributed by atoms with Gasteiger partial charge < -0.3 is 9.47 Å². The van der Waals surface area contributed by atoms with Crippen molar-refractivity contribution in [3.63, 3.8) is 0 Å². The number of thiophene rings is 1. The predicted octanol–water partition coefficient (Wildman–Crippen LogP) is 3.25. The van der Waals surface area contributed by atoms with Crippen molar-refractivity contribution in [1.82, 2.24) is 24.6 Å². The Kier molecular flexibility index (Phi) is 6.19. The van der Waals surface area contributed by atoms with E-state index >= 15 is 0 Å². The van der Waals surface area contributed by atoms with Gasteiger partial charge >= 0.3 is 0 Å². The average molecular weight is 386 g/mol. The molecule has 0 unspecified atom stereocenters. The summed E-state index contributed by atoms with van der Waals surface area (Å²) in [5, 5.41) is 11.2. The van der Waals surface area contributed by atoms with Crippen molar-refractivity contribution in [1.29, 1.82) is 0 Å². The van der Waals surface area contributed by atoms with Gasteiger partial charge in [0, 0.05) is 36.4 Å². The number of rotatable bonds is 8. The van der Waals surface area contributed by atoms with Crippen molar-refractivity contribution < 1.29 is 4.79 Å². The van der Waals surface area contributed by atoms with Gasteiger partial charge in [0.15, 0.2) is 11.0 Å². The lowest BCUT2D eigenvalue weighted by atomic mass is 10.2. The first-order valence-electron chi connectivity index (χ1n) is 8.02. The Morgan fingerprint density at radius 2 is 2.15 bits per heavy atom. The summed E-state index contributed by atoms with van der Waals surface area (Å²) >= 11 is 3.03. The molecule has 0 saturated carbocycles. The Bertz CT molecular complexity index is 861. The van der Waals surface area contributed by atoms with Gasteiger partial charge in [0.1, 0.15) is 0 Å². The minimum absolute atomic E-state index is 0.0526. The predicted molar refractivity (Wildman–Crippen MR) is 105 cm³/mol. The van der Waals surface area contributed by atoms with Crippen LogP contribution in [0.15, 0.2) is 59.9 Å². The molecule has 3 aromatic rings. The van der Waals surface area contributed by atoms with Crippen LogP contribution in [-0.4, -0.2) is 42.9 Å². The highest BCUT2D eigenvalue weighted by Gasteiger charge is 2.17. The molecule has 0 saturated heterocycles. The van der Waals surface area contributed by atoms with Crippen LogP contribution >= 0.6 is 23.1 Å². The number of hydrogen-bond donors (Lipinski definition) is 0. The molecule has 6 nitrogen and oxygen atoms in total. The maximum Gasteiger partial charge on any atom is 0.233 e. The highest BCUT2D eigenvalue weighted by atomic mass is 32.2. The lowest BCUT2D eigenvalue weighted by Gasteiger charge is -2.20. The molecule has 0 aliphatic rings. The highest BCUT2D eigenvalue weighted by Crippen LogP contribution is 2.22. The third-order valence-electron chi connectivity index (χ3n) is 3.73. The first-order valence-corrected chi connectivity index (χ1v) is 9.89. The zero-order valence-corrected chi connectivity index (χ0v) is 16.0. The summed E-state index contributed by atoms with van der Waals surface area (Å²) < 4.78 is 1.89. The molecule has 0 fully saturated rings. The molecule has 3 heterocycles. The monoisotopic (exact) mass is 385 g/mol. The average Bonchev–Trinajstić information content (AvgIpc) is 3.30. The maximum atomic E-state index is 12.6. The van der Waals surface area contributed by atoms with Gasteiger partial charge in [0.25, 0.3) is 0 Å². The molecule has 0 aliphatic carbocycles. The second kappa shape index (κ2) is 8.77. The van der Waals surface area contributed by atoms with Gasteiger partial charge in [-0.1, -0.05) is 23.9 Å². The second-order valence-electron chi connectivity index (χ2n) is 5.53. The summed E-state index contributed by atoms with van der Waals surface area (Å²) in [4.78, 5) is 19.6. The summed E-state index contributed by atoms with van der Waals surface area (Å²) in [6, 6.07) is 7.79. The van der Waals surface area contributed by atoms with Gasteiger partial charge in [0.05, 0.1) is 12.3 Å². The van der Waals surface area contributed by atoms with Crippen LogP contribution in [0, 0.1) is 0 Å². The number of thioether (sulfide) groups is 1. The van der Waals surface area contributed by atoms with E-state index in [1.165, 1.54) is 11.8 Å². The van der Waals surface area contributed by atoms with Gasteiger partial charge in [-0.15, -0.1) is 28.1 Å². The van der Waals surface area contributed by atoms with E-state index in [2.05, 4.69) is 21.8 Å². The summed E-state index contributed by atoms with van der Waals surface area (Å²) in [6.45, 7) is 4.88. The second-order valence-corrected chi connectivity index (χ2v) is 7.51. The van der Waals surface area contributed by atoms with Crippen LogP contribution in [0.3, 0.4) is 0 Å². The quantitative estimate of drug-likeness (QED) is 0.440. The molecule has 1 amide bonds. The molecular formula is C18H19N5OS2. The Morgan fingerprint density at radius 3 is 2.85 bits per heavy atom. The molecule has 0 atom stereocenters. The van der Waals surface area contributed by atoms with E-state index in [4.69, 9.17) is 0 Å². The molecule has 0 aromatic carbocycles. The standard InChI is InChI=1S/C18H19N5OS2/c1-3-10-23(12-15-5-4-11-25-15)16(24)13-26-18-21-20-17(22(18)2)14-6-8-19-9-7-14/h3-9,11H,1,10,12-13H2,2H3. The SMILES string of the molecule is C=CCN(Cc1cccs1)C(=O)CSc1nnc(-c2ccncc2)n1C. The van der Waals surface area contributed by atoms with E-state index in [0.29, 0.717) is 24.0 Å². The maximum absolute atomic E-state index is 12.6. The number of nitrogens with zero attached hydrogens (tertiary/aromatic N) is 5. The summed E-state index contributed by atoms with van der Waals surface area (Å²) in [6.07, 6.45) is 5.19. The molecule has 8 heteroatoms. The van der Waals surface area contributed by atoms with Crippen LogP contribution in [0.2, 0.25) is 0 Å². The summed E-state index contributed by atoms with van der Waals surface area (Å²) in [7, 11) is 1.90. The van der Waals surface area contributed by atoms with Crippen LogP contribution in [0.5, 0.6) is 0 Å². The van der Waals surface area contributed by atoms with E-state index in [1.54, 1.807) is 34.7 Å². The molecule has 3 aromatic heterocycles. The Morgan fingerprint density at radius 1 is 1.35 bits per heavy atom. The lowest BCUT2D eigenvalue weighted by molar-refractivity contribution is -0.128. The largest absolute Gasteiger partial charge is 0.333 e. The minimum atomic E-state index is 0.0526. The molecule has 0 N–H and O–H groups in total. The zero-order valence-electron chi connectivity index (χ0n) is 14.4. The first kappa shape index (κ1) is 18.3. The molecule has 0 aliphatic heterocycles. The first-order chi connectivity index (χ1) is 12.7. The molecule has 26 heavy (non-hydrogen) atoms. The molecule has 0 radical (unpaired) electrons. The van der Waals surface area contributed by atoms with E-state index in [-0.39, 0.29) is 5.91 Å². The number of carbonyl (C=O) groups excluding carboxylic acids is 1. The van der Waals surface area contributed by atoms with Crippen LogP contribution in [0.4, 0.5) is 0 Å². The number of carbonyl (C=O) groups is 1. The molecular weight excluding hydrogens is 366 g/mol. The number of aromatic nitrogens is 4. The Hall–Kier alpha value is -2.45. The van der Waals surface area contributed by atoms with Gasteiger partial charge in [0.2, 0.25) is 5.91 Å². The van der Waals surface area contributed by atoms with Gasteiger partial charge in [-0.3, -0.25) is 9.78 Å². The van der Waals surface area contributed by atoms with E-state index in [9.17, 15) is 4.79 Å². The third-order valence-corrected chi connectivity index (χ3v) is 5.59. The Labute approximate surface area is 160 Å². The fraction of sp³-hybridized carbons (Fsp3) is 0.222. The van der Waals surface area contributed by atoms with Crippen LogP contribution < -0.4 is 0 Å². The number of pyridine rings is 1. The number of hydrogen-bond acceptors (Lipinski definition) is 6. The molecule has 0 spiro atoms. The van der Waals surface area contributed by atoms with Crippen LogP contribution in [0.25, 0.3) is 11.4 Å². The van der Waals surface area contributed by atoms with Crippen molar-refractivity contribution >= 4 is 29.0 Å². The fourth-order valence-corrected chi connectivity index (χ4v) is 3.94. The fourth-order valence-electron chi connectivity index (χ4n) is 2.41. The lowest BCUT2D eigenvalue weighted by Crippen LogP contribution is -2.31. The van der Waals surface area contributed by atoms with Gasteiger partial charge in [-0.25, -0.2) is 0 Å². The van der Waals surface area contributed by atoms with Crippen LogP contribution in [0.1, 0.15) is 4.88 Å². The van der Waals surface area contributed by atoms with E-state index in [0.717, 1.165) is 16.3 Å². The van der Waals surface area contributed by atoms with E-state index in [1.807, 2.05) is 41.3 Å².